The first-order valence-electron chi connectivity index (χ1n) is 9.36. The molecule has 4 rings (SSSR count). The highest BCUT2D eigenvalue weighted by Gasteiger charge is 2.43. The summed E-state index contributed by atoms with van der Waals surface area (Å²) in [5.41, 5.74) is 1.91. The number of hydrogen-bond donors (Lipinski definition) is 1. The van der Waals surface area contributed by atoms with Crippen molar-refractivity contribution in [3.63, 3.8) is 0 Å². The number of benzene rings is 1. The summed E-state index contributed by atoms with van der Waals surface area (Å²) < 4.78 is 25.7. The number of thiophene rings is 1. The number of fused-ring (bicyclic) bond motifs is 1. The lowest BCUT2D eigenvalue weighted by atomic mass is 9.83. The minimum Gasteiger partial charge on any atom is -0.325 e. The summed E-state index contributed by atoms with van der Waals surface area (Å²) in [4.78, 5) is 14.4. The summed E-state index contributed by atoms with van der Waals surface area (Å²) in [5, 5.41) is 5.10. The molecule has 1 N–H and O–H groups in total. The molecule has 1 aromatic carbocycles. The van der Waals surface area contributed by atoms with Gasteiger partial charge in [0, 0.05) is 17.1 Å². The highest BCUT2D eigenvalue weighted by atomic mass is 32.2. The highest BCUT2D eigenvalue weighted by Crippen LogP contribution is 2.44. The molecule has 0 saturated heterocycles. The smallest absolute Gasteiger partial charge is 0.235 e. The molecule has 1 aliphatic carbocycles. The maximum atomic E-state index is 13.2. The largest absolute Gasteiger partial charge is 0.325 e. The first-order chi connectivity index (χ1) is 12.9. The quantitative estimate of drug-likeness (QED) is 0.840. The minimum absolute atomic E-state index is 0.0177. The molecular formula is C20H24N2O3S2. The Balaban J connectivity index is 1.64. The highest BCUT2D eigenvalue weighted by molar-refractivity contribution is 7.92. The zero-order valence-electron chi connectivity index (χ0n) is 15.4. The second-order valence-electron chi connectivity index (χ2n) is 7.50. The fraction of sp³-hybridized carbons (Fsp3) is 0.450. The number of amides is 1. The normalized spacial score (nSPS) is 18.9. The number of anilines is 2. The second kappa shape index (κ2) is 6.95. The monoisotopic (exact) mass is 404 g/mol. The molecule has 5 nitrogen and oxygen atoms in total. The van der Waals surface area contributed by atoms with Crippen molar-refractivity contribution in [2.45, 2.75) is 43.9 Å². The van der Waals surface area contributed by atoms with Crippen molar-refractivity contribution in [3.05, 3.63) is 46.2 Å². The molecule has 0 spiro atoms. The first-order valence-corrected chi connectivity index (χ1v) is 12.1. The van der Waals surface area contributed by atoms with E-state index < -0.39 is 15.4 Å². The molecule has 27 heavy (non-hydrogen) atoms. The Labute approximate surface area is 164 Å². The van der Waals surface area contributed by atoms with Crippen LogP contribution in [0.1, 0.15) is 42.5 Å². The average Bonchev–Trinajstić information content (AvgIpc) is 3.32. The number of nitrogens with zero attached hydrogens (tertiary/aromatic N) is 1. The van der Waals surface area contributed by atoms with E-state index in [-0.39, 0.29) is 5.91 Å². The molecular weight excluding hydrogens is 380 g/mol. The van der Waals surface area contributed by atoms with Crippen molar-refractivity contribution in [3.8, 4) is 0 Å². The Hall–Kier alpha value is -1.86. The van der Waals surface area contributed by atoms with E-state index in [4.69, 9.17) is 0 Å². The molecule has 1 fully saturated rings. The molecule has 144 valence electrons. The van der Waals surface area contributed by atoms with E-state index in [2.05, 4.69) is 5.32 Å². The predicted molar refractivity (Wildman–Crippen MR) is 110 cm³/mol. The maximum absolute atomic E-state index is 13.2. The van der Waals surface area contributed by atoms with Crippen molar-refractivity contribution in [2.75, 3.05) is 22.4 Å². The molecule has 2 aliphatic rings. The van der Waals surface area contributed by atoms with Crippen LogP contribution < -0.4 is 9.62 Å². The summed E-state index contributed by atoms with van der Waals surface area (Å²) in [5.74, 6) is 0.0177. The third-order valence-electron chi connectivity index (χ3n) is 5.70. The van der Waals surface area contributed by atoms with E-state index in [1.165, 1.54) is 10.6 Å². The van der Waals surface area contributed by atoms with Crippen molar-refractivity contribution < 1.29 is 13.2 Å². The van der Waals surface area contributed by atoms with Gasteiger partial charge < -0.3 is 5.32 Å². The van der Waals surface area contributed by atoms with Gasteiger partial charge >= 0.3 is 0 Å². The molecule has 0 bridgehead atoms. The van der Waals surface area contributed by atoms with Crippen LogP contribution in [-0.4, -0.2) is 27.1 Å². The van der Waals surface area contributed by atoms with Crippen LogP contribution in [-0.2, 0) is 26.7 Å². The van der Waals surface area contributed by atoms with Crippen LogP contribution in [0, 0.1) is 0 Å². The van der Waals surface area contributed by atoms with Crippen LogP contribution in [0.3, 0.4) is 0 Å². The van der Waals surface area contributed by atoms with Crippen LogP contribution in [0.4, 0.5) is 11.4 Å². The van der Waals surface area contributed by atoms with Crippen molar-refractivity contribution in [1.82, 2.24) is 0 Å². The fourth-order valence-corrected chi connectivity index (χ4v) is 6.30. The van der Waals surface area contributed by atoms with Gasteiger partial charge in [-0.2, -0.15) is 0 Å². The van der Waals surface area contributed by atoms with Gasteiger partial charge in [-0.05, 0) is 54.8 Å². The van der Waals surface area contributed by atoms with E-state index in [0.717, 1.165) is 49.0 Å². The van der Waals surface area contributed by atoms with Gasteiger partial charge in [0.05, 0.1) is 17.4 Å². The zero-order valence-corrected chi connectivity index (χ0v) is 17.0. The van der Waals surface area contributed by atoms with E-state index >= 15 is 0 Å². The summed E-state index contributed by atoms with van der Waals surface area (Å²) >= 11 is 1.64. The lowest BCUT2D eigenvalue weighted by Gasteiger charge is -2.30. The topological polar surface area (TPSA) is 66.5 Å². The second-order valence-corrected chi connectivity index (χ2v) is 10.4. The van der Waals surface area contributed by atoms with E-state index in [1.54, 1.807) is 11.3 Å². The Bertz CT molecular complexity index is 946. The SMILES string of the molecule is CS(=O)(=O)N1CCCc2ccc(NC(=O)C3(c4cccs4)CCCC3)cc21. The van der Waals surface area contributed by atoms with Gasteiger partial charge in [0.25, 0.3) is 0 Å². The van der Waals surface area contributed by atoms with Gasteiger partial charge in [0.2, 0.25) is 15.9 Å². The summed E-state index contributed by atoms with van der Waals surface area (Å²) in [6.07, 6.45) is 6.73. The molecule has 1 saturated carbocycles. The average molecular weight is 405 g/mol. The fourth-order valence-electron chi connectivity index (χ4n) is 4.33. The summed E-state index contributed by atoms with van der Waals surface area (Å²) in [6.45, 7) is 0.488. The minimum atomic E-state index is -3.33. The number of nitrogens with one attached hydrogen (secondary N) is 1. The number of rotatable bonds is 4. The molecule has 0 atom stereocenters. The summed E-state index contributed by atoms with van der Waals surface area (Å²) in [7, 11) is -3.33. The number of sulfonamides is 1. The molecule has 2 aromatic rings. The third kappa shape index (κ3) is 3.38. The number of carbonyl (C=O) groups excluding carboxylic acids is 1. The van der Waals surface area contributed by atoms with E-state index in [1.807, 2.05) is 35.7 Å². The number of hydrogen-bond acceptors (Lipinski definition) is 4. The van der Waals surface area contributed by atoms with Crippen LogP contribution in [0.2, 0.25) is 0 Å². The standard InChI is InChI=1S/C20H24N2O3S2/c1-27(24,25)22-12-4-6-15-8-9-16(14-17(15)22)21-19(23)20(10-2-3-11-20)18-7-5-13-26-18/h5,7-9,13-14H,2-4,6,10-12H2,1H3,(H,21,23). The first kappa shape index (κ1) is 18.5. The Morgan fingerprint density at radius 1 is 1.19 bits per heavy atom. The van der Waals surface area contributed by atoms with Gasteiger partial charge in [-0.15, -0.1) is 11.3 Å². The van der Waals surface area contributed by atoms with Crippen molar-refractivity contribution in [1.29, 1.82) is 0 Å². The van der Waals surface area contributed by atoms with Gasteiger partial charge in [-0.1, -0.05) is 25.0 Å². The molecule has 1 amide bonds. The maximum Gasteiger partial charge on any atom is 0.235 e. The van der Waals surface area contributed by atoms with E-state index in [0.29, 0.717) is 17.9 Å². The van der Waals surface area contributed by atoms with Crippen LogP contribution in [0.25, 0.3) is 0 Å². The predicted octanol–water partition coefficient (Wildman–Crippen LogP) is 3.91. The lowest BCUT2D eigenvalue weighted by molar-refractivity contribution is -0.121. The number of aryl methyl sites for hydroxylation is 1. The Kier molecular flexibility index (Phi) is 4.76. The van der Waals surface area contributed by atoms with Crippen LogP contribution in [0.5, 0.6) is 0 Å². The van der Waals surface area contributed by atoms with Gasteiger partial charge in [-0.25, -0.2) is 8.42 Å². The number of carbonyl (C=O) groups is 1. The summed E-state index contributed by atoms with van der Waals surface area (Å²) in [6, 6.07) is 9.68. The van der Waals surface area contributed by atoms with Gasteiger partial charge in [-0.3, -0.25) is 9.10 Å². The molecule has 1 aliphatic heterocycles. The van der Waals surface area contributed by atoms with Crippen LogP contribution >= 0.6 is 11.3 Å². The van der Waals surface area contributed by atoms with Gasteiger partial charge in [0.15, 0.2) is 0 Å². The van der Waals surface area contributed by atoms with Crippen molar-refractivity contribution >= 4 is 38.6 Å². The molecule has 7 heteroatoms. The van der Waals surface area contributed by atoms with Crippen LogP contribution in [0.15, 0.2) is 35.7 Å². The molecule has 0 unspecified atom stereocenters. The lowest BCUT2D eigenvalue weighted by Crippen LogP contribution is -2.37. The third-order valence-corrected chi connectivity index (χ3v) is 7.96. The van der Waals surface area contributed by atoms with E-state index in [9.17, 15) is 13.2 Å². The molecule has 2 heterocycles. The zero-order chi connectivity index (χ0) is 19.1. The molecule has 0 radical (unpaired) electrons. The van der Waals surface area contributed by atoms with Crippen molar-refractivity contribution in [2.24, 2.45) is 0 Å². The Morgan fingerprint density at radius 2 is 1.96 bits per heavy atom. The molecule has 1 aromatic heterocycles. The Morgan fingerprint density at radius 3 is 2.63 bits per heavy atom. The van der Waals surface area contributed by atoms with Gasteiger partial charge in [0.1, 0.15) is 0 Å².